The zero-order chi connectivity index (χ0) is 15.7. The molecule has 1 aromatic carbocycles. The van der Waals surface area contributed by atoms with Crippen LogP contribution in [-0.4, -0.2) is 36.6 Å². The summed E-state index contributed by atoms with van der Waals surface area (Å²) in [5, 5.41) is 5.30. The fourth-order valence-electron chi connectivity index (χ4n) is 1.65. The standard InChI is InChI=1S/C14H18N2O3S2/c1-18-8-12(14(17)19-2)10-6-4-5-7-11(10)13(16-15)21-9-20-3/h4-8H,9,15H2,1-3H3. The van der Waals surface area contributed by atoms with Gasteiger partial charge in [0, 0.05) is 16.2 Å². The van der Waals surface area contributed by atoms with E-state index in [0.717, 1.165) is 10.6 Å². The molecular weight excluding hydrogens is 308 g/mol. The molecular formula is C14H18N2O3S2. The lowest BCUT2D eigenvalue weighted by Gasteiger charge is -2.12. The third-order valence-electron chi connectivity index (χ3n) is 2.52. The summed E-state index contributed by atoms with van der Waals surface area (Å²) in [5.41, 5.74) is 1.76. The Balaban J connectivity index is 3.30. The summed E-state index contributed by atoms with van der Waals surface area (Å²) in [6.07, 6.45) is 3.36. The molecule has 0 aromatic heterocycles. The summed E-state index contributed by atoms with van der Waals surface area (Å²) in [7, 11) is 2.81. The molecule has 114 valence electrons. The highest BCUT2D eigenvalue weighted by atomic mass is 32.2. The first-order valence-electron chi connectivity index (χ1n) is 6.00. The van der Waals surface area contributed by atoms with Gasteiger partial charge in [0.2, 0.25) is 0 Å². The Morgan fingerprint density at radius 3 is 2.52 bits per heavy atom. The topological polar surface area (TPSA) is 73.9 Å². The van der Waals surface area contributed by atoms with Crippen LogP contribution in [0.1, 0.15) is 11.1 Å². The number of nitrogens with zero attached hydrogens (tertiary/aromatic N) is 1. The first-order valence-corrected chi connectivity index (χ1v) is 8.38. The number of ether oxygens (including phenoxy) is 2. The Labute approximate surface area is 133 Å². The van der Waals surface area contributed by atoms with Gasteiger partial charge in [-0.15, -0.1) is 0 Å². The van der Waals surface area contributed by atoms with Gasteiger partial charge < -0.3 is 15.3 Å². The van der Waals surface area contributed by atoms with Crippen molar-refractivity contribution >= 4 is 40.1 Å². The normalized spacial score (nSPS) is 12.1. The predicted molar refractivity (Wildman–Crippen MR) is 90.1 cm³/mol. The number of benzene rings is 1. The molecule has 0 amide bonds. The molecule has 0 aliphatic carbocycles. The number of hydrazone groups is 1. The second-order valence-corrected chi connectivity index (χ2v) is 5.99. The van der Waals surface area contributed by atoms with Crippen molar-refractivity contribution in [1.82, 2.24) is 0 Å². The highest BCUT2D eigenvalue weighted by molar-refractivity contribution is 8.24. The number of carbonyl (C=O) groups excluding carboxylic acids is 1. The highest BCUT2D eigenvalue weighted by Crippen LogP contribution is 2.26. The van der Waals surface area contributed by atoms with Gasteiger partial charge in [0.15, 0.2) is 0 Å². The van der Waals surface area contributed by atoms with Crippen molar-refractivity contribution in [3.63, 3.8) is 0 Å². The summed E-state index contributed by atoms with van der Waals surface area (Å²) in [6.45, 7) is 0. The lowest BCUT2D eigenvalue weighted by atomic mass is 10.0. The number of esters is 1. The van der Waals surface area contributed by atoms with Crippen molar-refractivity contribution < 1.29 is 14.3 Å². The molecule has 0 atom stereocenters. The number of methoxy groups -OCH3 is 2. The fraction of sp³-hybridized carbons (Fsp3) is 0.286. The quantitative estimate of drug-likeness (QED) is 0.127. The van der Waals surface area contributed by atoms with Crippen LogP contribution >= 0.6 is 23.5 Å². The molecule has 0 fully saturated rings. The van der Waals surface area contributed by atoms with Gasteiger partial charge in [-0.05, 0) is 6.26 Å². The monoisotopic (exact) mass is 326 g/mol. The van der Waals surface area contributed by atoms with E-state index in [1.165, 1.54) is 32.2 Å². The molecule has 1 rings (SSSR count). The van der Waals surface area contributed by atoms with Gasteiger partial charge >= 0.3 is 5.97 Å². The third kappa shape index (κ3) is 4.71. The van der Waals surface area contributed by atoms with Crippen LogP contribution in [0.2, 0.25) is 0 Å². The van der Waals surface area contributed by atoms with E-state index in [9.17, 15) is 4.79 Å². The van der Waals surface area contributed by atoms with Gasteiger partial charge in [-0.25, -0.2) is 4.79 Å². The average molecular weight is 326 g/mol. The molecule has 0 saturated carbocycles. The Bertz CT molecular complexity index is 545. The average Bonchev–Trinajstić information content (AvgIpc) is 2.53. The van der Waals surface area contributed by atoms with Crippen molar-refractivity contribution in [2.45, 2.75) is 0 Å². The smallest absolute Gasteiger partial charge is 0.341 e. The molecule has 0 bridgehead atoms. The lowest BCUT2D eigenvalue weighted by molar-refractivity contribution is -0.133. The van der Waals surface area contributed by atoms with Crippen LogP contribution < -0.4 is 5.84 Å². The Hall–Kier alpha value is -1.60. The molecule has 0 spiro atoms. The van der Waals surface area contributed by atoms with E-state index in [4.69, 9.17) is 15.3 Å². The van der Waals surface area contributed by atoms with E-state index >= 15 is 0 Å². The maximum Gasteiger partial charge on any atom is 0.341 e. The molecule has 0 saturated heterocycles. The summed E-state index contributed by atoms with van der Waals surface area (Å²) in [4.78, 5) is 11.9. The lowest BCUT2D eigenvalue weighted by Crippen LogP contribution is -2.10. The van der Waals surface area contributed by atoms with Gasteiger partial charge in [0.05, 0.1) is 20.5 Å². The van der Waals surface area contributed by atoms with Gasteiger partial charge in [0.1, 0.15) is 10.6 Å². The number of rotatable bonds is 6. The van der Waals surface area contributed by atoms with Crippen LogP contribution in [0.15, 0.2) is 35.6 Å². The van der Waals surface area contributed by atoms with Crippen LogP contribution in [0.5, 0.6) is 0 Å². The number of carbonyl (C=O) groups is 1. The van der Waals surface area contributed by atoms with Crippen LogP contribution in [0.3, 0.4) is 0 Å². The van der Waals surface area contributed by atoms with E-state index in [1.807, 2.05) is 30.5 Å². The molecule has 7 heteroatoms. The summed E-state index contributed by atoms with van der Waals surface area (Å²) in [6, 6.07) is 7.37. The minimum absolute atomic E-state index is 0.321. The van der Waals surface area contributed by atoms with E-state index in [1.54, 1.807) is 11.8 Å². The summed E-state index contributed by atoms with van der Waals surface area (Å²) >= 11 is 3.18. The fourth-order valence-corrected chi connectivity index (χ4v) is 2.98. The SMILES string of the molecule is COC=C(C(=O)OC)c1ccccc1C(=NN)SCSC. The molecule has 5 nitrogen and oxygen atoms in total. The van der Waals surface area contributed by atoms with Crippen LogP contribution in [0, 0.1) is 0 Å². The molecule has 0 aliphatic heterocycles. The number of thioether (sulfide) groups is 2. The molecule has 2 N–H and O–H groups in total. The van der Waals surface area contributed by atoms with Crippen molar-refractivity contribution in [2.75, 3.05) is 25.6 Å². The van der Waals surface area contributed by atoms with Crippen LogP contribution in [-0.2, 0) is 14.3 Å². The highest BCUT2D eigenvalue weighted by Gasteiger charge is 2.19. The van der Waals surface area contributed by atoms with Crippen molar-refractivity contribution in [1.29, 1.82) is 0 Å². The Kier molecular flexibility index (Phi) is 7.78. The number of nitrogens with two attached hydrogens (primary N) is 1. The first-order chi connectivity index (χ1) is 10.2. The molecule has 0 unspecified atom stereocenters. The zero-order valence-electron chi connectivity index (χ0n) is 12.2. The van der Waals surface area contributed by atoms with Gasteiger partial charge in [-0.2, -0.15) is 16.9 Å². The van der Waals surface area contributed by atoms with Gasteiger partial charge in [-0.1, -0.05) is 36.0 Å². The largest absolute Gasteiger partial charge is 0.503 e. The molecule has 0 heterocycles. The summed E-state index contributed by atoms with van der Waals surface area (Å²) < 4.78 is 9.79. The zero-order valence-corrected chi connectivity index (χ0v) is 13.8. The molecule has 0 radical (unpaired) electrons. The van der Waals surface area contributed by atoms with Crippen molar-refractivity contribution in [2.24, 2.45) is 10.9 Å². The maximum atomic E-state index is 11.9. The molecule has 1 aromatic rings. The summed E-state index contributed by atoms with van der Waals surface area (Å²) in [5.74, 6) is 5.01. The number of hydrogen-bond donors (Lipinski definition) is 1. The minimum atomic E-state index is -0.476. The Morgan fingerprint density at radius 2 is 2.00 bits per heavy atom. The van der Waals surface area contributed by atoms with E-state index < -0.39 is 5.97 Å². The van der Waals surface area contributed by atoms with Crippen molar-refractivity contribution in [3.05, 3.63) is 41.7 Å². The second kappa shape index (κ2) is 9.36. The first kappa shape index (κ1) is 17.5. The third-order valence-corrected chi connectivity index (χ3v) is 4.53. The minimum Gasteiger partial charge on any atom is -0.503 e. The number of hydrogen-bond acceptors (Lipinski definition) is 7. The van der Waals surface area contributed by atoms with Crippen molar-refractivity contribution in [3.8, 4) is 0 Å². The molecule has 21 heavy (non-hydrogen) atoms. The maximum absolute atomic E-state index is 11.9. The Morgan fingerprint density at radius 1 is 1.33 bits per heavy atom. The predicted octanol–water partition coefficient (Wildman–Crippen LogP) is 2.52. The van der Waals surface area contributed by atoms with E-state index in [2.05, 4.69) is 5.10 Å². The van der Waals surface area contributed by atoms with Crippen LogP contribution in [0.4, 0.5) is 0 Å². The van der Waals surface area contributed by atoms with E-state index in [0.29, 0.717) is 16.2 Å². The molecule has 0 aliphatic rings. The van der Waals surface area contributed by atoms with Gasteiger partial charge in [0.25, 0.3) is 0 Å². The van der Waals surface area contributed by atoms with Gasteiger partial charge in [-0.3, -0.25) is 0 Å². The van der Waals surface area contributed by atoms with E-state index in [-0.39, 0.29) is 0 Å². The second-order valence-electron chi connectivity index (χ2n) is 3.79. The van der Waals surface area contributed by atoms with Crippen LogP contribution in [0.25, 0.3) is 5.57 Å².